The Labute approximate surface area is 146 Å². The smallest absolute Gasteiger partial charge is 0.326 e. The molecule has 6 nitrogen and oxygen atoms in total. The van der Waals surface area contributed by atoms with Crippen molar-refractivity contribution >= 4 is 11.9 Å². The molecule has 0 saturated carbocycles. The number of hydrogen-bond donors (Lipinski definition) is 2. The lowest BCUT2D eigenvalue weighted by molar-refractivity contribution is -0.141. The van der Waals surface area contributed by atoms with E-state index in [0.717, 1.165) is 11.1 Å². The van der Waals surface area contributed by atoms with Gasteiger partial charge in [0.25, 0.3) is 0 Å². The van der Waals surface area contributed by atoms with Gasteiger partial charge in [0, 0.05) is 18.0 Å². The number of aromatic nitrogens is 1. The second kappa shape index (κ2) is 9.42. The van der Waals surface area contributed by atoms with Gasteiger partial charge in [-0.25, -0.2) is 4.79 Å². The molecule has 132 valence electrons. The molecule has 0 aliphatic heterocycles. The molecular formula is C19H22N2O4. The summed E-state index contributed by atoms with van der Waals surface area (Å²) < 4.78 is 5.71. The number of pyridine rings is 1. The van der Waals surface area contributed by atoms with Crippen LogP contribution >= 0.6 is 0 Å². The van der Waals surface area contributed by atoms with Crippen LogP contribution in [0.2, 0.25) is 0 Å². The highest BCUT2D eigenvalue weighted by Gasteiger charge is 2.18. The molecule has 1 aromatic carbocycles. The minimum Gasteiger partial charge on any atom is -0.489 e. The summed E-state index contributed by atoms with van der Waals surface area (Å²) in [5, 5.41) is 11.7. The Morgan fingerprint density at radius 3 is 2.72 bits per heavy atom. The molecule has 1 unspecified atom stereocenters. The molecule has 0 aliphatic carbocycles. The highest BCUT2D eigenvalue weighted by atomic mass is 16.5. The van der Waals surface area contributed by atoms with Crippen LogP contribution in [0.25, 0.3) is 0 Å². The van der Waals surface area contributed by atoms with E-state index in [1.54, 1.807) is 18.5 Å². The molecular weight excluding hydrogens is 320 g/mol. The lowest BCUT2D eigenvalue weighted by Crippen LogP contribution is -2.41. The Morgan fingerprint density at radius 1 is 1.24 bits per heavy atom. The van der Waals surface area contributed by atoms with Crippen LogP contribution in [0, 0.1) is 0 Å². The Morgan fingerprint density at radius 2 is 2.04 bits per heavy atom. The number of aliphatic carboxylic acids is 1. The zero-order valence-corrected chi connectivity index (χ0v) is 14.1. The molecule has 0 spiro atoms. The van der Waals surface area contributed by atoms with E-state index in [9.17, 15) is 9.59 Å². The van der Waals surface area contributed by atoms with Crippen LogP contribution in [0.1, 0.15) is 30.9 Å². The van der Waals surface area contributed by atoms with E-state index in [2.05, 4.69) is 10.3 Å². The fraction of sp³-hybridized carbons (Fsp3) is 0.316. The van der Waals surface area contributed by atoms with Crippen molar-refractivity contribution in [2.75, 3.05) is 0 Å². The molecule has 25 heavy (non-hydrogen) atoms. The predicted octanol–water partition coefficient (Wildman–Crippen LogP) is 2.57. The van der Waals surface area contributed by atoms with E-state index in [0.29, 0.717) is 25.2 Å². The van der Waals surface area contributed by atoms with E-state index in [4.69, 9.17) is 9.84 Å². The zero-order chi connectivity index (χ0) is 18.1. The second-order valence-corrected chi connectivity index (χ2v) is 5.72. The quantitative estimate of drug-likeness (QED) is 0.731. The lowest BCUT2D eigenvalue weighted by Gasteiger charge is -2.14. The first kappa shape index (κ1) is 18.4. The number of carbonyl (C=O) groups excluding carboxylic acids is 1. The fourth-order valence-corrected chi connectivity index (χ4v) is 2.37. The minimum atomic E-state index is -1.01. The van der Waals surface area contributed by atoms with Gasteiger partial charge in [-0.15, -0.1) is 0 Å². The first-order chi connectivity index (χ1) is 12.1. The maximum atomic E-state index is 12.1. The van der Waals surface area contributed by atoms with Gasteiger partial charge in [0.05, 0.1) is 6.42 Å². The number of benzene rings is 1. The summed E-state index contributed by atoms with van der Waals surface area (Å²) in [6, 6.07) is 10.1. The van der Waals surface area contributed by atoms with Gasteiger partial charge in [-0.1, -0.05) is 31.5 Å². The number of rotatable bonds is 9. The SMILES string of the molecule is CCCC(NC(=O)Cc1cccc(OCc2cccnc2)c1)C(=O)O. The summed E-state index contributed by atoms with van der Waals surface area (Å²) in [7, 11) is 0. The van der Waals surface area contributed by atoms with Crippen molar-refractivity contribution in [2.45, 2.75) is 38.8 Å². The lowest BCUT2D eigenvalue weighted by atomic mass is 10.1. The molecule has 0 saturated heterocycles. The van der Waals surface area contributed by atoms with Crippen LogP contribution in [-0.4, -0.2) is 28.0 Å². The van der Waals surface area contributed by atoms with Crippen LogP contribution in [0.3, 0.4) is 0 Å². The highest BCUT2D eigenvalue weighted by Crippen LogP contribution is 2.15. The van der Waals surface area contributed by atoms with Gasteiger partial charge in [0.2, 0.25) is 5.91 Å². The first-order valence-corrected chi connectivity index (χ1v) is 8.21. The van der Waals surface area contributed by atoms with Crippen LogP contribution < -0.4 is 10.1 Å². The van der Waals surface area contributed by atoms with Crippen LogP contribution in [0.5, 0.6) is 5.75 Å². The van der Waals surface area contributed by atoms with E-state index in [1.165, 1.54) is 0 Å². The van der Waals surface area contributed by atoms with Crippen LogP contribution in [0.15, 0.2) is 48.8 Å². The van der Waals surface area contributed by atoms with E-state index in [-0.39, 0.29) is 12.3 Å². The molecule has 0 bridgehead atoms. The average molecular weight is 342 g/mol. The molecule has 1 amide bonds. The van der Waals surface area contributed by atoms with Crippen molar-refractivity contribution in [3.63, 3.8) is 0 Å². The molecule has 2 rings (SSSR count). The van der Waals surface area contributed by atoms with Crippen molar-refractivity contribution in [3.8, 4) is 5.75 Å². The van der Waals surface area contributed by atoms with Gasteiger partial charge in [-0.2, -0.15) is 0 Å². The molecule has 0 aliphatic rings. The summed E-state index contributed by atoms with van der Waals surface area (Å²) in [6.07, 6.45) is 4.64. The van der Waals surface area contributed by atoms with Crippen LogP contribution in [-0.2, 0) is 22.6 Å². The number of nitrogens with one attached hydrogen (secondary N) is 1. The molecule has 1 aromatic heterocycles. The van der Waals surface area contributed by atoms with Crippen molar-refractivity contribution in [2.24, 2.45) is 0 Å². The topological polar surface area (TPSA) is 88.5 Å². The molecule has 6 heteroatoms. The number of hydrogen-bond acceptors (Lipinski definition) is 4. The van der Waals surface area contributed by atoms with E-state index in [1.807, 2.05) is 37.3 Å². The monoisotopic (exact) mass is 342 g/mol. The van der Waals surface area contributed by atoms with Crippen molar-refractivity contribution in [1.29, 1.82) is 0 Å². The molecule has 0 radical (unpaired) electrons. The summed E-state index contributed by atoms with van der Waals surface area (Å²) in [4.78, 5) is 27.2. The molecule has 2 N–H and O–H groups in total. The Kier molecular flexibility index (Phi) is 6.95. The number of carboxylic acid groups (broad SMARTS) is 1. The minimum absolute atomic E-state index is 0.109. The second-order valence-electron chi connectivity index (χ2n) is 5.72. The zero-order valence-electron chi connectivity index (χ0n) is 14.1. The van der Waals surface area contributed by atoms with Gasteiger partial charge in [0.1, 0.15) is 18.4 Å². The Hall–Kier alpha value is -2.89. The normalized spacial score (nSPS) is 11.6. The summed E-state index contributed by atoms with van der Waals surface area (Å²) in [5.41, 5.74) is 1.72. The van der Waals surface area contributed by atoms with Gasteiger partial charge < -0.3 is 15.2 Å². The average Bonchev–Trinajstić information content (AvgIpc) is 2.61. The van der Waals surface area contributed by atoms with E-state index >= 15 is 0 Å². The molecule has 0 fully saturated rings. The largest absolute Gasteiger partial charge is 0.489 e. The predicted molar refractivity (Wildman–Crippen MR) is 93.2 cm³/mol. The van der Waals surface area contributed by atoms with Crippen molar-refractivity contribution < 1.29 is 19.4 Å². The molecule has 2 aromatic rings. The Bertz CT molecular complexity index is 704. The van der Waals surface area contributed by atoms with E-state index < -0.39 is 12.0 Å². The summed E-state index contributed by atoms with van der Waals surface area (Å²) in [5.74, 6) is -0.675. The van der Waals surface area contributed by atoms with Crippen molar-refractivity contribution in [3.05, 3.63) is 59.9 Å². The number of nitrogens with zero attached hydrogens (tertiary/aromatic N) is 1. The standard InChI is InChI=1S/C19H22N2O4/c1-2-5-17(19(23)24)21-18(22)11-14-6-3-8-16(10-14)25-13-15-7-4-9-20-12-15/h3-4,6-10,12,17H,2,5,11,13H2,1H3,(H,21,22)(H,23,24). The third kappa shape index (κ3) is 6.25. The number of carbonyl (C=O) groups is 2. The summed E-state index contributed by atoms with van der Waals surface area (Å²) >= 11 is 0. The number of amides is 1. The maximum absolute atomic E-state index is 12.1. The van der Waals surface area contributed by atoms with Gasteiger partial charge in [-0.3, -0.25) is 9.78 Å². The van der Waals surface area contributed by atoms with Gasteiger partial charge >= 0.3 is 5.97 Å². The molecule has 1 heterocycles. The first-order valence-electron chi connectivity index (χ1n) is 8.21. The molecule has 1 atom stereocenters. The third-order valence-corrected chi connectivity index (χ3v) is 3.60. The van der Waals surface area contributed by atoms with Gasteiger partial charge in [-0.05, 0) is 30.2 Å². The number of ether oxygens (including phenoxy) is 1. The fourth-order valence-electron chi connectivity index (χ4n) is 2.37. The summed E-state index contributed by atoms with van der Waals surface area (Å²) in [6.45, 7) is 2.27. The Balaban J connectivity index is 1.91. The van der Waals surface area contributed by atoms with Crippen LogP contribution in [0.4, 0.5) is 0 Å². The maximum Gasteiger partial charge on any atom is 0.326 e. The third-order valence-electron chi connectivity index (χ3n) is 3.60. The van der Waals surface area contributed by atoms with Gasteiger partial charge in [0.15, 0.2) is 0 Å². The highest BCUT2D eigenvalue weighted by molar-refractivity contribution is 5.84. The van der Waals surface area contributed by atoms with Crippen molar-refractivity contribution in [1.82, 2.24) is 10.3 Å². The number of carboxylic acids is 1.